The lowest BCUT2D eigenvalue weighted by molar-refractivity contribution is 0.259. The predicted octanol–water partition coefficient (Wildman–Crippen LogP) is 3.80. The van der Waals surface area contributed by atoms with E-state index < -0.39 is 11.1 Å². The number of hydrogen-bond donors (Lipinski definition) is 0. The van der Waals surface area contributed by atoms with Gasteiger partial charge in [0.15, 0.2) is 5.65 Å². The van der Waals surface area contributed by atoms with Gasteiger partial charge in [0, 0.05) is 17.3 Å². The third-order valence-electron chi connectivity index (χ3n) is 5.18. The maximum Gasteiger partial charge on any atom is 0.333 e. The molecule has 6 nitrogen and oxygen atoms in total. The van der Waals surface area contributed by atoms with E-state index in [4.69, 9.17) is 0 Å². The van der Waals surface area contributed by atoms with Crippen LogP contribution in [0.4, 0.5) is 0 Å². The van der Waals surface area contributed by atoms with Crippen molar-refractivity contribution < 1.29 is 0 Å². The smallest absolute Gasteiger partial charge is 0.272 e. The molecular weight excluding hydrogens is 328 g/mol. The first kappa shape index (κ1) is 20.3. The zero-order valence-electron chi connectivity index (χ0n) is 17.0. The van der Waals surface area contributed by atoms with Crippen LogP contribution in [0, 0.1) is 0 Å². The monoisotopic (exact) mass is 360 g/mol. The van der Waals surface area contributed by atoms with E-state index in [2.05, 4.69) is 23.8 Å². The summed E-state index contributed by atoms with van der Waals surface area (Å²) < 4.78 is 3.11. The molecule has 0 aliphatic heterocycles. The number of fused-ring (bicyclic) bond motifs is 1. The Bertz CT molecular complexity index is 877. The van der Waals surface area contributed by atoms with Gasteiger partial charge in [-0.2, -0.15) is 0 Å². The van der Waals surface area contributed by atoms with E-state index in [0.29, 0.717) is 11.0 Å². The van der Waals surface area contributed by atoms with Gasteiger partial charge in [0.05, 0.1) is 0 Å². The summed E-state index contributed by atoms with van der Waals surface area (Å²) in [5.41, 5.74) is -1.14. The van der Waals surface area contributed by atoms with Gasteiger partial charge in [0.25, 0.3) is 5.56 Å². The molecule has 0 N–H and O–H groups in total. The van der Waals surface area contributed by atoms with Gasteiger partial charge in [-0.3, -0.25) is 13.9 Å². The molecule has 0 aromatic carbocycles. The van der Waals surface area contributed by atoms with Crippen LogP contribution in [0.15, 0.2) is 22.1 Å². The van der Waals surface area contributed by atoms with E-state index in [9.17, 15) is 9.59 Å². The van der Waals surface area contributed by atoms with Crippen molar-refractivity contribution >= 4 is 11.0 Å². The molecule has 0 saturated heterocycles. The van der Waals surface area contributed by atoms with Crippen molar-refractivity contribution in [3.8, 4) is 0 Å². The molecule has 26 heavy (non-hydrogen) atoms. The summed E-state index contributed by atoms with van der Waals surface area (Å²) in [7, 11) is 0. The fourth-order valence-electron chi connectivity index (χ4n) is 3.77. The van der Waals surface area contributed by atoms with Crippen LogP contribution in [-0.2, 0) is 11.1 Å². The van der Waals surface area contributed by atoms with Gasteiger partial charge in [0.2, 0.25) is 0 Å². The first-order valence-corrected chi connectivity index (χ1v) is 9.66. The highest BCUT2D eigenvalue weighted by atomic mass is 16.2. The van der Waals surface area contributed by atoms with Crippen LogP contribution >= 0.6 is 0 Å². The summed E-state index contributed by atoms with van der Waals surface area (Å²) in [6, 6.07) is 0. The lowest BCUT2D eigenvalue weighted by atomic mass is 9.95. The zero-order chi connectivity index (χ0) is 19.5. The highest BCUT2D eigenvalue weighted by Gasteiger charge is 2.31. The molecule has 0 aliphatic carbocycles. The summed E-state index contributed by atoms with van der Waals surface area (Å²) in [5, 5.41) is 0.403. The molecule has 0 aliphatic rings. The Morgan fingerprint density at radius 1 is 0.923 bits per heavy atom. The van der Waals surface area contributed by atoms with Gasteiger partial charge in [-0.15, -0.1) is 0 Å². The summed E-state index contributed by atoms with van der Waals surface area (Å²) in [5.74, 6) is 0. The van der Waals surface area contributed by atoms with Crippen molar-refractivity contribution in [2.75, 3.05) is 0 Å². The lowest BCUT2D eigenvalue weighted by Crippen LogP contribution is -2.52. The van der Waals surface area contributed by atoms with Crippen LogP contribution in [0.5, 0.6) is 0 Å². The molecule has 2 rings (SSSR count). The maximum absolute atomic E-state index is 13.5. The molecule has 0 radical (unpaired) electrons. The van der Waals surface area contributed by atoms with Crippen LogP contribution in [0.25, 0.3) is 11.0 Å². The first-order valence-electron chi connectivity index (χ1n) is 9.66. The standard InChI is InChI=1S/C20H32N4O2/c1-7-9-10-12-20(5,6)23-16-15(13-21-14-22-16)17(25)24(18(23)26)19(3,4)11-8-2/h13-14H,7-12H2,1-6H3. The van der Waals surface area contributed by atoms with Gasteiger partial charge >= 0.3 is 5.69 Å². The van der Waals surface area contributed by atoms with Crippen molar-refractivity contribution in [1.29, 1.82) is 0 Å². The topological polar surface area (TPSA) is 69.8 Å². The van der Waals surface area contributed by atoms with Gasteiger partial charge in [0.1, 0.15) is 11.7 Å². The third kappa shape index (κ3) is 3.74. The zero-order valence-corrected chi connectivity index (χ0v) is 17.0. The number of hydrogen-bond acceptors (Lipinski definition) is 4. The molecular formula is C20H32N4O2. The van der Waals surface area contributed by atoms with E-state index in [1.165, 1.54) is 17.1 Å². The Morgan fingerprint density at radius 3 is 2.19 bits per heavy atom. The summed E-state index contributed by atoms with van der Waals surface area (Å²) >= 11 is 0. The molecule has 0 fully saturated rings. The molecule has 0 saturated carbocycles. The van der Waals surface area contributed by atoms with Crippen LogP contribution in [0.3, 0.4) is 0 Å². The van der Waals surface area contributed by atoms with E-state index in [1.54, 1.807) is 4.57 Å². The van der Waals surface area contributed by atoms with Crippen molar-refractivity contribution in [2.45, 2.75) is 91.1 Å². The van der Waals surface area contributed by atoms with E-state index in [-0.39, 0.29) is 11.2 Å². The van der Waals surface area contributed by atoms with E-state index in [0.717, 1.165) is 38.5 Å². The van der Waals surface area contributed by atoms with Gasteiger partial charge < -0.3 is 0 Å². The van der Waals surface area contributed by atoms with Crippen LogP contribution in [-0.4, -0.2) is 19.1 Å². The molecule has 2 aromatic heterocycles. The predicted molar refractivity (Wildman–Crippen MR) is 106 cm³/mol. The molecule has 0 amide bonds. The Labute approximate surface area is 155 Å². The maximum atomic E-state index is 13.5. The minimum atomic E-state index is -0.561. The van der Waals surface area contributed by atoms with Gasteiger partial charge in [-0.05, 0) is 40.5 Å². The summed E-state index contributed by atoms with van der Waals surface area (Å²) in [6.45, 7) is 12.2. The first-order chi connectivity index (χ1) is 12.2. The average molecular weight is 361 g/mol. The fraction of sp³-hybridized carbons (Fsp3) is 0.700. The Morgan fingerprint density at radius 2 is 1.58 bits per heavy atom. The number of unbranched alkanes of at least 4 members (excludes halogenated alkanes) is 2. The van der Waals surface area contributed by atoms with Crippen LogP contribution in [0.1, 0.15) is 80.1 Å². The van der Waals surface area contributed by atoms with Crippen molar-refractivity contribution in [1.82, 2.24) is 19.1 Å². The Hall–Kier alpha value is -1.98. The lowest BCUT2D eigenvalue weighted by Gasteiger charge is -2.33. The normalized spacial score (nSPS) is 12.7. The molecule has 144 valence electrons. The highest BCUT2D eigenvalue weighted by Crippen LogP contribution is 2.25. The van der Waals surface area contributed by atoms with E-state index >= 15 is 0 Å². The Balaban J connectivity index is 2.81. The minimum Gasteiger partial charge on any atom is -0.272 e. The van der Waals surface area contributed by atoms with Crippen molar-refractivity contribution in [3.63, 3.8) is 0 Å². The molecule has 0 unspecified atom stereocenters. The van der Waals surface area contributed by atoms with E-state index in [1.807, 2.05) is 27.7 Å². The highest BCUT2D eigenvalue weighted by molar-refractivity contribution is 5.72. The second-order valence-corrected chi connectivity index (χ2v) is 8.35. The molecule has 6 heteroatoms. The largest absolute Gasteiger partial charge is 0.333 e. The number of rotatable bonds is 8. The molecule has 2 aromatic rings. The SMILES string of the molecule is CCCCCC(C)(C)n1c(=O)n(C(C)(C)CCC)c(=O)c2cncnc21. The molecule has 0 bridgehead atoms. The Kier molecular flexibility index (Phi) is 6.04. The van der Waals surface area contributed by atoms with Crippen molar-refractivity contribution in [2.24, 2.45) is 0 Å². The molecule has 2 heterocycles. The van der Waals surface area contributed by atoms with Crippen LogP contribution in [0.2, 0.25) is 0 Å². The number of aromatic nitrogens is 4. The second-order valence-electron chi connectivity index (χ2n) is 8.35. The number of nitrogens with zero attached hydrogens (tertiary/aromatic N) is 4. The van der Waals surface area contributed by atoms with Gasteiger partial charge in [-0.25, -0.2) is 14.8 Å². The molecule has 0 atom stereocenters. The fourth-order valence-corrected chi connectivity index (χ4v) is 3.77. The van der Waals surface area contributed by atoms with Gasteiger partial charge in [-0.1, -0.05) is 39.5 Å². The average Bonchev–Trinajstić information content (AvgIpc) is 2.54. The second kappa shape index (κ2) is 7.72. The summed E-state index contributed by atoms with van der Waals surface area (Å²) in [6.07, 6.45) is 8.69. The molecule has 0 spiro atoms. The quantitative estimate of drug-likeness (QED) is 0.671. The third-order valence-corrected chi connectivity index (χ3v) is 5.18. The van der Waals surface area contributed by atoms with Crippen LogP contribution < -0.4 is 11.2 Å². The van der Waals surface area contributed by atoms with Crippen molar-refractivity contribution in [3.05, 3.63) is 33.4 Å². The summed E-state index contributed by atoms with van der Waals surface area (Å²) in [4.78, 5) is 34.9. The minimum absolute atomic E-state index is 0.277.